The summed E-state index contributed by atoms with van der Waals surface area (Å²) in [6.45, 7) is 1.95. The van der Waals surface area contributed by atoms with Gasteiger partial charge < -0.3 is 10.6 Å². The Kier molecular flexibility index (Phi) is 5.24. The summed E-state index contributed by atoms with van der Waals surface area (Å²) in [5.74, 6) is 5.31. The molecule has 3 rings (SSSR count). The summed E-state index contributed by atoms with van der Waals surface area (Å²) < 4.78 is 7.31. The first kappa shape index (κ1) is 17.7. The fraction of sp³-hybridized carbons (Fsp3) is 0.583. The summed E-state index contributed by atoms with van der Waals surface area (Å²) in [6.07, 6.45) is 0.758. The molecule has 13 heteroatoms. The van der Waals surface area contributed by atoms with Crippen molar-refractivity contribution in [2.75, 3.05) is 5.75 Å². The molecule has 3 atom stereocenters. The highest BCUT2D eigenvalue weighted by atomic mass is 32.2. The van der Waals surface area contributed by atoms with Crippen LogP contribution in [0.3, 0.4) is 0 Å². The third kappa shape index (κ3) is 3.34. The van der Waals surface area contributed by atoms with Crippen LogP contribution in [0.5, 0.6) is 0 Å². The molecular formula is C12H15N7O4S2. The Labute approximate surface area is 148 Å². The number of nitroso groups, excluding NO2 is 1. The predicted octanol–water partition coefficient (Wildman–Crippen LogP) is 1.63. The average Bonchev–Trinajstić information content (AvgIpc) is 3.17. The maximum atomic E-state index is 12.4. The third-order valence-electron chi connectivity index (χ3n) is 3.63. The van der Waals surface area contributed by atoms with Crippen LogP contribution in [0, 0.1) is 4.91 Å². The molecule has 0 aromatic carbocycles. The molecule has 0 saturated carbocycles. The number of thioether (sulfide) groups is 1. The van der Waals surface area contributed by atoms with Crippen molar-refractivity contribution in [2.24, 2.45) is 21.4 Å². The average molecular weight is 385 g/mol. The summed E-state index contributed by atoms with van der Waals surface area (Å²) in [5.41, 5.74) is -0.790. The van der Waals surface area contributed by atoms with Crippen molar-refractivity contribution in [3.05, 3.63) is 24.9 Å². The molecule has 3 N–H and O–H groups in total. The lowest BCUT2D eigenvalue weighted by Crippen LogP contribution is -2.26. The molecule has 1 aliphatic heterocycles. The molecule has 1 saturated heterocycles. The van der Waals surface area contributed by atoms with Gasteiger partial charge in [0, 0.05) is 5.75 Å². The van der Waals surface area contributed by atoms with Gasteiger partial charge >= 0.3 is 4.87 Å². The predicted molar refractivity (Wildman–Crippen MR) is 94.1 cm³/mol. The quantitative estimate of drug-likeness (QED) is 0.331. The van der Waals surface area contributed by atoms with Gasteiger partial charge in [0.25, 0.3) is 11.5 Å². The molecule has 0 spiro atoms. The number of thiazole rings is 1. The topological polar surface area (TPSA) is 157 Å². The molecule has 134 valence electrons. The minimum absolute atomic E-state index is 0.104. The van der Waals surface area contributed by atoms with Crippen molar-refractivity contribution >= 4 is 39.4 Å². The van der Waals surface area contributed by atoms with E-state index in [1.54, 1.807) is 0 Å². The van der Waals surface area contributed by atoms with Crippen LogP contribution in [0.25, 0.3) is 10.3 Å². The minimum atomic E-state index is -0.644. The minimum Gasteiger partial charge on any atom is -0.341 e. The lowest BCUT2D eigenvalue weighted by atomic mass is 10.2. The third-order valence-corrected chi connectivity index (χ3v) is 5.80. The van der Waals surface area contributed by atoms with E-state index >= 15 is 0 Å². The summed E-state index contributed by atoms with van der Waals surface area (Å²) in [7, 11) is 0. The van der Waals surface area contributed by atoms with Crippen LogP contribution in [0.4, 0.5) is 5.95 Å². The van der Waals surface area contributed by atoms with E-state index in [-0.39, 0.29) is 21.2 Å². The number of nitrogens with one attached hydrogen (secondary N) is 1. The van der Waals surface area contributed by atoms with E-state index in [2.05, 4.69) is 25.5 Å². The standard InChI is InChI=1S/C12H15N7O4S2/c1-2-3-5(17-22)10-23-6(4-24-10)19-8-7(25-12(19)21)9(20)15-11(14-8)16-18-13/h5-6,10H,2-4H2,1H3,(H3,13,14,15,16,20)/t5?,6-,10+/m1/s1. The van der Waals surface area contributed by atoms with Crippen molar-refractivity contribution in [3.8, 4) is 0 Å². The first-order valence-corrected chi connectivity index (χ1v) is 9.31. The second-order valence-electron chi connectivity index (χ2n) is 5.25. The van der Waals surface area contributed by atoms with Gasteiger partial charge in [-0.25, -0.2) is 0 Å². The number of rotatable bonds is 6. The van der Waals surface area contributed by atoms with Crippen molar-refractivity contribution in [3.63, 3.8) is 0 Å². The molecule has 0 aliphatic carbocycles. The van der Waals surface area contributed by atoms with Gasteiger partial charge in [-0.3, -0.25) is 19.1 Å². The number of hydrogen-bond acceptors (Lipinski definition) is 10. The van der Waals surface area contributed by atoms with Gasteiger partial charge in [-0.1, -0.05) is 40.2 Å². The molecule has 3 heterocycles. The van der Waals surface area contributed by atoms with E-state index in [1.807, 2.05) is 6.92 Å². The number of ether oxygens (including phenoxy) is 1. The second-order valence-corrected chi connectivity index (χ2v) is 7.34. The fourth-order valence-electron chi connectivity index (χ4n) is 2.56. The number of aromatic amines is 1. The number of fused-ring (bicyclic) bond motifs is 1. The summed E-state index contributed by atoms with van der Waals surface area (Å²) in [5, 5.41) is 9.70. The molecule has 1 fully saturated rings. The summed E-state index contributed by atoms with van der Waals surface area (Å²) in [6, 6.07) is -0.487. The smallest absolute Gasteiger partial charge is 0.311 e. The van der Waals surface area contributed by atoms with Crippen LogP contribution in [-0.4, -0.2) is 31.8 Å². The van der Waals surface area contributed by atoms with Crippen LogP contribution in [0.1, 0.15) is 26.0 Å². The number of H-pyrrole nitrogens is 1. The van der Waals surface area contributed by atoms with E-state index in [0.717, 1.165) is 17.8 Å². The van der Waals surface area contributed by atoms with Gasteiger partial charge in [-0.05, 0) is 6.42 Å². The lowest BCUT2D eigenvalue weighted by Gasteiger charge is -2.17. The van der Waals surface area contributed by atoms with Crippen LogP contribution >= 0.6 is 23.1 Å². The summed E-state index contributed by atoms with van der Waals surface area (Å²) in [4.78, 5) is 41.6. The number of aromatic nitrogens is 3. The Bertz CT molecular complexity index is 920. The van der Waals surface area contributed by atoms with Crippen LogP contribution in [-0.2, 0) is 4.74 Å². The Morgan fingerprint density at radius 3 is 3.00 bits per heavy atom. The second kappa shape index (κ2) is 7.41. The number of nitrogens with zero attached hydrogens (tertiary/aromatic N) is 5. The largest absolute Gasteiger partial charge is 0.341 e. The maximum absolute atomic E-state index is 12.4. The fourth-order valence-corrected chi connectivity index (χ4v) is 4.61. The van der Waals surface area contributed by atoms with Crippen molar-refractivity contribution < 1.29 is 4.74 Å². The van der Waals surface area contributed by atoms with E-state index < -0.39 is 23.3 Å². The highest BCUT2D eigenvalue weighted by molar-refractivity contribution is 8.00. The molecule has 0 radical (unpaired) electrons. The Morgan fingerprint density at radius 1 is 1.52 bits per heavy atom. The van der Waals surface area contributed by atoms with Crippen molar-refractivity contribution in [2.45, 2.75) is 37.5 Å². The van der Waals surface area contributed by atoms with E-state index in [0.29, 0.717) is 12.2 Å². The van der Waals surface area contributed by atoms with Crippen LogP contribution in [0.2, 0.25) is 0 Å². The zero-order valence-electron chi connectivity index (χ0n) is 13.1. The first-order chi connectivity index (χ1) is 12.1. The lowest BCUT2D eigenvalue weighted by molar-refractivity contribution is 0.00910. The van der Waals surface area contributed by atoms with E-state index in [1.165, 1.54) is 16.3 Å². The normalized spacial score (nSPS) is 22.0. The molecule has 2 aromatic rings. The highest BCUT2D eigenvalue weighted by Gasteiger charge is 2.35. The SMILES string of the molecule is CCCC(N=O)[C@H]1O[C@@H](n2c(=O)sc3c(=O)[nH]c(N=NN)nc32)CS1. The first-order valence-electron chi connectivity index (χ1n) is 7.44. The van der Waals surface area contributed by atoms with Gasteiger partial charge in [-0.15, -0.1) is 11.8 Å². The molecule has 11 nitrogen and oxygen atoms in total. The molecule has 0 bridgehead atoms. The zero-order chi connectivity index (χ0) is 18.0. The zero-order valence-corrected chi connectivity index (χ0v) is 14.7. The van der Waals surface area contributed by atoms with Gasteiger partial charge in [0.05, 0.1) is 0 Å². The monoisotopic (exact) mass is 385 g/mol. The molecule has 1 aliphatic rings. The molecular weight excluding hydrogens is 370 g/mol. The Balaban J connectivity index is 1.99. The van der Waals surface area contributed by atoms with Gasteiger partial charge in [0.2, 0.25) is 0 Å². The molecule has 2 aromatic heterocycles. The highest BCUT2D eigenvalue weighted by Crippen LogP contribution is 2.36. The number of hydrogen-bond donors (Lipinski definition) is 2. The van der Waals surface area contributed by atoms with Gasteiger partial charge in [0.1, 0.15) is 22.4 Å². The van der Waals surface area contributed by atoms with Crippen molar-refractivity contribution in [1.82, 2.24) is 14.5 Å². The molecule has 25 heavy (non-hydrogen) atoms. The van der Waals surface area contributed by atoms with E-state index in [9.17, 15) is 14.5 Å². The van der Waals surface area contributed by atoms with Crippen LogP contribution in [0.15, 0.2) is 25.1 Å². The number of nitrogens with two attached hydrogens (primary N) is 1. The Hall–Kier alpha value is -2.12. The van der Waals surface area contributed by atoms with Crippen molar-refractivity contribution in [1.29, 1.82) is 0 Å². The van der Waals surface area contributed by atoms with E-state index in [4.69, 9.17) is 10.6 Å². The Morgan fingerprint density at radius 2 is 2.32 bits per heavy atom. The van der Waals surface area contributed by atoms with Gasteiger partial charge in [0.15, 0.2) is 5.65 Å². The molecule has 1 unspecified atom stereocenters. The van der Waals surface area contributed by atoms with Gasteiger partial charge in [-0.2, -0.15) is 9.89 Å². The maximum Gasteiger partial charge on any atom is 0.311 e. The van der Waals surface area contributed by atoms with Crippen LogP contribution < -0.4 is 16.3 Å². The summed E-state index contributed by atoms with van der Waals surface area (Å²) >= 11 is 2.18. The molecule has 0 amide bonds.